The van der Waals surface area contributed by atoms with Crippen LogP contribution in [0, 0.1) is 0 Å². The molecule has 0 aliphatic carbocycles. The third-order valence-electron chi connectivity index (χ3n) is 4.18. The van der Waals surface area contributed by atoms with Crippen LogP contribution in [0.25, 0.3) is 0 Å². The van der Waals surface area contributed by atoms with Crippen LogP contribution in [0.5, 0.6) is 5.75 Å². The number of thiophene rings is 1. The largest absolute Gasteiger partial charge is 0.493 e. The second-order valence-electron chi connectivity index (χ2n) is 5.78. The topological polar surface area (TPSA) is 45.7 Å². The third kappa shape index (κ3) is 4.63. The van der Waals surface area contributed by atoms with Gasteiger partial charge in [0.25, 0.3) is 0 Å². The molecule has 1 aliphatic heterocycles. The summed E-state index contributed by atoms with van der Waals surface area (Å²) < 4.78 is 5.72. The fraction of sp³-hybridized carbons (Fsp3) is 0.389. The van der Waals surface area contributed by atoms with E-state index in [0.717, 1.165) is 31.3 Å². The molecule has 2 N–H and O–H groups in total. The average Bonchev–Trinajstić information content (AvgIpc) is 3.13. The number of nitrogens with one attached hydrogen (secondary N) is 2. The van der Waals surface area contributed by atoms with Crippen molar-refractivity contribution in [2.75, 3.05) is 20.2 Å². The molecule has 0 bridgehead atoms. The zero-order valence-electron chi connectivity index (χ0n) is 14.0. The van der Waals surface area contributed by atoms with Gasteiger partial charge in [0, 0.05) is 25.6 Å². The summed E-state index contributed by atoms with van der Waals surface area (Å²) in [5, 5.41) is 11.3. The van der Waals surface area contributed by atoms with Gasteiger partial charge in [0.15, 0.2) is 5.96 Å². The summed E-state index contributed by atoms with van der Waals surface area (Å²) in [4.78, 5) is 4.36. The summed E-state index contributed by atoms with van der Waals surface area (Å²) in [5.41, 5.74) is 2.57. The fourth-order valence-electron chi connectivity index (χ4n) is 2.77. The van der Waals surface area contributed by atoms with Crippen molar-refractivity contribution >= 4 is 41.3 Å². The van der Waals surface area contributed by atoms with Crippen LogP contribution >= 0.6 is 35.3 Å². The highest BCUT2D eigenvalue weighted by Gasteiger charge is 2.21. The Labute approximate surface area is 164 Å². The molecule has 0 amide bonds. The van der Waals surface area contributed by atoms with Gasteiger partial charge < -0.3 is 15.4 Å². The van der Waals surface area contributed by atoms with Gasteiger partial charge in [0.2, 0.25) is 0 Å². The van der Waals surface area contributed by atoms with Crippen molar-refractivity contribution in [3.8, 4) is 5.75 Å². The molecule has 0 fully saturated rings. The quantitative estimate of drug-likeness (QED) is 0.412. The minimum atomic E-state index is 0. The maximum absolute atomic E-state index is 5.72. The fourth-order valence-corrected chi connectivity index (χ4v) is 3.56. The normalized spacial score (nSPS) is 17.9. The molecule has 2 unspecified atom stereocenters. The number of halogens is 1. The Hall–Kier alpha value is -1.28. The molecule has 0 radical (unpaired) electrons. The molecule has 1 aromatic carbocycles. The van der Waals surface area contributed by atoms with Crippen LogP contribution < -0.4 is 15.4 Å². The highest BCUT2D eigenvalue weighted by molar-refractivity contribution is 14.0. The smallest absolute Gasteiger partial charge is 0.191 e. The summed E-state index contributed by atoms with van der Waals surface area (Å²) in [6.45, 7) is 3.82. The number of fused-ring (bicyclic) bond motifs is 1. The Morgan fingerprint density at radius 2 is 2.21 bits per heavy atom. The molecule has 2 aromatic rings. The Balaban J connectivity index is 0.00000208. The molecule has 24 heavy (non-hydrogen) atoms. The van der Waals surface area contributed by atoms with Gasteiger partial charge in [-0.05, 0) is 34.4 Å². The first-order valence-corrected chi connectivity index (χ1v) is 8.93. The van der Waals surface area contributed by atoms with Gasteiger partial charge in [-0.3, -0.25) is 4.99 Å². The molecule has 0 spiro atoms. The van der Waals surface area contributed by atoms with Gasteiger partial charge in [-0.25, -0.2) is 0 Å². The molecule has 0 saturated carbocycles. The second kappa shape index (κ2) is 9.27. The Bertz CT molecular complexity index is 660. The Kier molecular flexibility index (Phi) is 7.36. The van der Waals surface area contributed by atoms with Crippen molar-refractivity contribution in [1.29, 1.82) is 0 Å². The predicted octanol–water partition coefficient (Wildman–Crippen LogP) is 4.16. The van der Waals surface area contributed by atoms with Gasteiger partial charge in [0.1, 0.15) is 5.75 Å². The van der Waals surface area contributed by atoms with E-state index in [0.29, 0.717) is 5.92 Å². The molecule has 1 aromatic heterocycles. The van der Waals surface area contributed by atoms with Crippen LogP contribution in [0.3, 0.4) is 0 Å². The van der Waals surface area contributed by atoms with Crippen molar-refractivity contribution in [2.45, 2.75) is 25.3 Å². The number of hydrogen-bond acceptors (Lipinski definition) is 3. The lowest BCUT2D eigenvalue weighted by atomic mass is 10.0. The van der Waals surface area contributed by atoms with Gasteiger partial charge in [0.05, 0.1) is 12.6 Å². The number of ether oxygens (including phenoxy) is 1. The molecular formula is C18H24IN3OS. The SMILES string of the molecule is CN=C(NCC(C)c1ccsc1)NC1CCOc2ccccc21.I. The lowest BCUT2D eigenvalue weighted by molar-refractivity contribution is 0.261. The summed E-state index contributed by atoms with van der Waals surface area (Å²) in [5.74, 6) is 2.27. The number of para-hydroxylation sites is 1. The molecular weight excluding hydrogens is 433 g/mol. The number of benzene rings is 1. The van der Waals surface area contributed by atoms with Crippen molar-refractivity contribution in [3.63, 3.8) is 0 Å². The maximum atomic E-state index is 5.72. The number of rotatable bonds is 4. The standard InChI is InChI=1S/C18H23N3OS.HI/c1-13(14-8-10-23-12-14)11-20-18(19-2)21-16-7-9-22-17-6-4-3-5-15(16)17;/h3-6,8,10,12-13,16H,7,9,11H2,1-2H3,(H2,19,20,21);1H. The van der Waals surface area contributed by atoms with Crippen LogP contribution in [0.4, 0.5) is 0 Å². The van der Waals surface area contributed by atoms with E-state index in [1.54, 1.807) is 11.3 Å². The van der Waals surface area contributed by atoms with Crippen LogP contribution in [-0.2, 0) is 0 Å². The lowest BCUT2D eigenvalue weighted by Gasteiger charge is -2.28. The second-order valence-corrected chi connectivity index (χ2v) is 6.56. The molecule has 4 nitrogen and oxygen atoms in total. The lowest BCUT2D eigenvalue weighted by Crippen LogP contribution is -2.42. The number of aliphatic imine (C=N–C) groups is 1. The zero-order chi connectivity index (χ0) is 16.1. The van der Waals surface area contributed by atoms with E-state index >= 15 is 0 Å². The first-order chi connectivity index (χ1) is 11.3. The van der Waals surface area contributed by atoms with E-state index in [-0.39, 0.29) is 30.0 Å². The predicted molar refractivity (Wildman–Crippen MR) is 112 cm³/mol. The van der Waals surface area contributed by atoms with E-state index in [1.807, 2.05) is 19.2 Å². The molecule has 2 atom stereocenters. The highest BCUT2D eigenvalue weighted by Crippen LogP contribution is 2.31. The van der Waals surface area contributed by atoms with Crippen molar-refractivity contribution in [3.05, 3.63) is 52.2 Å². The van der Waals surface area contributed by atoms with Crippen molar-refractivity contribution in [2.24, 2.45) is 4.99 Å². The van der Waals surface area contributed by atoms with Crippen LogP contribution in [0.1, 0.15) is 36.4 Å². The maximum Gasteiger partial charge on any atom is 0.191 e. The number of hydrogen-bond donors (Lipinski definition) is 2. The highest BCUT2D eigenvalue weighted by atomic mass is 127. The van der Waals surface area contributed by atoms with Gasteiger partial charge in [-0.2, -0.15) is 11.3 Å². The summed E-state index contributed by atoms with van der Waals surface area (Å²) in [6.07, 6.45) is 0.942. The van der Waals surface area contributed by atoms with Gasteiger partial charge >= 0.3 is 0 Å². The molecule has 130 valence electrons. The minimum absolute atomic E-state index is 0. The third-order valence-corrected chi connectivity index (χ3v) is 4.88. The molecule has 6 heteroatoms. The van der Waals surface area contributed by atoms with Crippen LogP contribution in [-0.4, -0.2) is 26.2 Å². The monoisotopic (exact) mass is 457 g/mol. The van der Waals surface area contributed by atoms with Gasteiger partial charge in [-0.15, -0.1) is 24.0 Å². The molecule has 1 aliphatic rings. The van der Waals surface area contributed by atoms with E-state index < -0.39 is 0 Å². The zero-order valence-corrected chi connectivity index (χ0v) is 17.1. The summed E-state index contributed by atoms with van der Waals surface area (Å²) in [7, 11) is 1.82. The first kappa shape index (κ1) is 19.1. The first-order valence-electron chi connectivity index (χ1n) is 7.99. The Morgan fingerprint density at radius 1 is 1.38 bits per heavy atom. The van der Waals surface area contributed by atoms with E-state index in [2.05, 4.69) is 51.5 Å². The van der Waals surface area contributed by atoms with Crippen molar-refractivity contribution < 1.29 is 4.74 Å². The van der Waals surface area contributed by atoms with E-state index in [1.165, 1.54) is 11.1 Å². The summed E-state index contributed by atoms with van der Waals surface area (Å²) >= 11 is 1.74. The van der Waals surface area contributed by atoms with Crippen LogP contribution in [0.15, 0.2) is 46.1 Å². The molecule has 0 saturated heterocycles. The van der Waals surface area contributed by atoms with Crippen LogP contribution in [0.2, 0.25) is 0 Å². The van der Waals surface area contributed by atoms with E-state index in [4.69, 9.17) is 4.74 Å². The van der Waals surface area contributed by atoms with Gasteiger partial charge in [-0.1, -0.05) is 25.1 Å². The van der Waals surface area contributed by atoms with Crippen molar-refractivity contribution in [1.82, 2.24) is 10.6 Å². The summed E-state index contributed by atoms with van der Waals surface area (Å²) in [6, 6.07) is 10.6. The Morgan fingerprint density at radius 3 is 2.96 bits per heavy atom. The minimum Gasteiger partial charge on any atom is -0.493 e. The number of nitrogens with zero attached hydrogens (tertiary/aromatic N) is 1. The average molecular weight is 457 g/mol. The molecule has 2 heterocycles. The molecule has 3 rings (SSSR count). The van der Waals surface area contributed by atoms with E-state index in [9.17, 15) is 0 Å². The number of guanidine groups is 1.